The summed E-state index contributed by atoms with van der Waals surface area (Å²) in [5, 5.41) is 0. The van der Waals surface area contributed by atoms with E-state index < -0.39 is 0 Å². The third-order valence-electron chi connectivity index (χ3n) is 3.22. The molecule has 86 valence electrons. The second-order valence-corrected chi connectivity index (χ2v) is 4.44. The molecule has 0 bridgehead atoms. The molecular formula is C14H19NO. The molecule has 0 aromatic heterocycles. The number of carbonyl (C=O) groups excluding carboxylic acids is 1. The van der Waals surface area contributed by atoms with Crippen LogP contribution in [0.3, 0.4) is 0 Å². The zero-order chi connectivity index (χ0) is 11.4. The third-order valence-corrected chi connectivity index (χ3v) is 3.22. The van der Waals surface area contributed by atoms with Crippen LogP contribution in [-0.4, -0.2) is 17.4 Å². The van der Waals surface area contributed by atoms with Crippen LogP contribution >= 0.6 is 0 Å². The number of fused-ring (bicyclic) bond motifs is 1. The molecule has 0 atom stereocenters. The molecule has 2 heteroatoms. The molecule has 0 aliphatic carbocycles. The van der Waals surface area contributed by atoms with Gasteiger partial charge in [0.15, 0.2) is 0 Å². The molecule has 1 heterocycles. The number of hydrogen-bond acceptors (Lipinski definition) is 1. The maximum absolute atomic E-state index is 11.9. The van der Waals surface area contributed by atoms with Gasteiger partial charge in [-0.15, -0.1) is 0 Å². The Morgan fingerprint density at radius 2 is 1.94 bits per heavy atom. The van der Waals surface area contributed by atoms with Crippen LogP contribution in [0.4, 0.5) is 0 Å². The van der Waals surface area contributed by atoms with Gasteiger partial charge >= 0.3 is 0 Å². The molecule has 0 spiro atoms. The molecule has 0 radical (unpaired) electrons. The van der Waals surface area contributed by atoms with Crippen molar-refractivity contribution in [1.82, 2.24) is 4.90 Å². The van der Waals surface area contributed by atoms with Gasteiger partial charge in [0.25, 0.3) is 0 Å². The SMILES string of the molecule is CCCCN1Cc2ccccc2CCC1=O. The van der Waals surface area contributed by atoms with Gasteiger partial charge in [-0.25, -0.2) is 0 Å². The summed E-state index contributed by atoms with van der Waals surface area (Å²) in [5.41, 5.74) is 2.67. The van der Waals surface area contributed by atoms with Crippen LogP contribution in [-0.2, 0) is 17.8 Å². The second-order valence-electron chi connectivity index (χ2n) is 4.44. The lowest BCUT2D eigenvalue weighted by Crippen LogP contribution is -2.30. The Labute approximate surface area is 97.3 Å². The first-order chi connectivity index (χ1) is 7.81. The van der Waals surface area contributed by atoms with Crippen LogP contribution in [0.15, 0.2) is 24.3 Å². The predicted molar refractivity (Wildman–Crippen MR) is 65.1 cm³/mol. The Hall–Kier alpha value is -1.31. The Morgan fingerprint density at radius 3 is 2.69 bits per heavy atom. The average molecular weight is 217 g/mol. The van der Waals surface area contributed by atoms with Gasteiger partial charge in [0.1, 0.15) is 0 Å². The summed E-state index contributed by atoms with van der Waals surface area (Å²) in [6, 6.07) is 8.41. The third kappa shape index (κ3) is 2.43. The fourth-order valence-corrected chi connectivity index (χ4v) is 2.20. The minimum atomic E-state index is 0.310. The number of unbranched alkanes of at least 4 members (excludes halogenated alkanes) is 1. The van der Waals surface area contributed by atoms with Crippen LogP contribution in [0.1, 0.15) is 37.3 Å². The number of nitrogens with zero attached hydrogens (tertiary/aromatic N) is 1. The van der Waals surface area contributed by atoms with Crippen molar-refractivity contribution in [3.63, 3.8) is 0 Å². The van der Waals surface area contributed by atoms with Gasteiger partial charge in [0.2, 0.25) is 5.91 Å². The predicted octanol–water partition coefficient (Wildman–Crippen LogP) is 2.76. The number of rotatable bonds is 3. The lowest BCUT2D eigenvalue weighted by atomic mass is 10.0. The molecule has 0 saturated heterocycles. The van der Waals surface area contributed by atoms with Crippen molar-refractivity contribution < 1.29 is 4.79 Å². The summed E-state index contributed by atoms with van der Waals surface area (Å²) in [6.07, 6.45) is 3.82. The first-order valence-electron chi connectivity index (χ1n) is 6.16. The summed E-state index contributed by atoms with van der Waals surface area (Å²) in [4.78, 5) is 13.9. The van der Waals surface area contributed by atoms with E-state index in [0.717, 1.165) is 32.4 Å². The lowest BCUT2D eigenvalue weighted by Gasteiger charge is -2.20. The summed E-state index contributed by atoms with van der Waals surface area (Å²) < 4.78 is 0. The van der Waals surface area contributed by atoms with E-state index >= 15 is 0 Å². The highest BCUT2D eigenvalue weighted by molar-refractivity contribution is 5.77. The molecule has 2 rings (SSSR count). The van der Waals surface area contributed by atoms with E-state index in [1.807, 2.05) is 4.90 Å². The van der Waals surface area contributed by atoms with Gasteiger partial charge in [-0.2, -0.15) is 0 Å². The Bertz CT molecular complexity index is 373. The van der Waals surface area contributed by atoms with E-state index in [2.05, 4.69) is 31.2 Å². The molecule has 0 saturated carbocycles. The summed E-state index contributed by atoms with van der Waals surface area (Å²) >= 11 is 0. The molecular weight excluding hydrogens is 198 g/mol. The highest BCUT2D eigenvalue weighted by atomic mass is 16.2. The second kappa shape index (κ2) is 5.15. The first-order valence-corrected chi connectivity index (χ1v) is 6.16. The normalized spacial score (nSPS) is 15.8. The Morgan fingerprint density at radius 1 is 1.19 bits per heavy atom. The van der Waals surface area contributed by atoms with Gasteiger partial charge in [-0.05, 0) is 24.0 Å². The van der Waals surface area contributed by atoms with Gasteiger partial charge in [0.05, 0.1) is 0 Å². The highest BCUT2D eigenvalue weighted by Gasteiger charge is 2.19. The molecule has 0 N–H and O–H groups in total. The van der Waals surface area contributed by atoms with Gasteiger partial charge in [-0.1, -0.05) is 37.6 Å². The number of carbonyl (C=O) groups is 1. The minimum absolute atomic E-state index is 0.310. The van der Waals surface area contributed by atoms with Crippen molar-refractivity contribution in [2.75, 3.05) is 6.54 Å². The summed E-state index contributed by atoms with van der Waals surface area (Å²) in [5.74, 6) is 0.310. The fourth-order valence-electron chi connectivity index (χ4n) is 2.20. The van der Waals surface area contributed by atoms with Crippen LogP contribution in [0.25, 0.3) is 0 Å². The summed E-state index contributed by atoms with van der Waals surface area (Å²) in [6.45, 7) is 3.87. The smallest absolute Gasteiger partial charge is 0.223 e. The minimum Gasteiger partial charge on any atom is -0.338 e. The van der Waals surface area contributed by atoms with Crippen LogP contribution in [0.5, 0.6) is 0 Å². The van der Waals surface area contributed by atoms with Gasteiger partial charge in [0, 0.05) is 19.5 Å². The quantitative estimate of drug-likeness (QED) is 0.762. The Kier molecular flexibility index (Phi) is 3.60. The van der Waals surface area contributed by atoms with Crippen molar-refractivity contribution >= 4 is 5.91 Å². The first kappa shape index (κ1) is 11.2. The molecule has 0 unspecified atom stereocenters. The van der Waals surface area contributed by atoms with E-state index in [1.54, 1.807) is 0 Å². The van der Waals surface area contributed by atoms with E-state index in [4.69, 9.17) is 0 Å². The maximum atomic E-state index is 11.9. The van der Waals surface area contributed by atoms with Crippen LogP contribution in [0.2, 0.25) is 0 Å². The van der Waals surface area contributed by atoms with E-state index in [1.165, 1.54) is 11.1 Å². The van der Waals surface area contributed by atoms with E-state index in [-0.39, 0.29) is 0 Å². The molecule has 1 aliphatic rings. The average Bonchev–Trinajstić information content (AvgIpc) is 2.47. The van der Waals surface area contributed by atoms with Gasteiger partial charge < -0.3 is 4.90 Å². The molecule has 1 aromatic carbocycles. The molecule has 16 heavy (non-hydrogen) atoms. The zero-order valence-electron chi connectivity index (χ0n) is 9.91. The van der Waals surface area contributed by atoms with Crippen LogP contribution < -0.4 is 0 Å². The molecule has 0 fully saturated rings. The van der Waals surface area contributed by atoms with Gasteiger partial charge in [-0.3, -0.25) is 4.79 Å². The highest BCUT2D eigenvalue weighted by Crippen LogP contribution is 2.19. The fraction of sp³-hybridized carbons (Fsp3) is 0.500. The number of amides is 1. The van der Waals surface area contributed by atoms with Crippen molar-refractivity contribution in [2.24, 2.45) is 0 Å². The van der Waals surface area contributed by atoms with Crippen molar-refractivity contribution in [1.29, 1.82) is 0 Å². The Balaban J connectivity index is 2.14. The van der Waals surface area contributed by atoms with Crippen molar-refractivity contribution in [2.45, 2.75) is 39.2 Å². The number of benzene rings is 1. The molecule has 1 aromatic rings. The molecule has 1 amide bonds. The van der Waals surface area contributed by atoms with Crippen LogP contribution in [0, 0.1) is 0 Å². The van der Waals surface area contributed by atoms with Crippen molar-refractivity contribution in [3.05, 3.63) is 35.4 Å². The topological polar surface area (TPSA) is 20.3 Å². The molecule has 1 aliphatic heterocycles. The molecule has 2 nitrogen and oxygen atoms in total. The monoisotopic (exact) mass is 217 g/mol. The maximum Gasteiger partial charge on any atom is 0.223 e. The van der Waals surface area contributed by atoms with Crippen molar-refractivity contribution in [3.8, 4) is 0 Å². The number of aryl methyl sites for hydroxylation is 1. The zero-order valence-corrected chi connectivity index (χ0v) is 9.91. The summed E-state index contributed by atoms with van der Waals surface area (Å²) in [7, 11) is 0. The largest absolute Gasteiger partial charge is 0.338 e. The lowest BCUT2D eigenvalue weighted by molar-refractivity contribution is -0.131. The standard InChI is InChI=1S/C14H19NO/c1-2-3-10-15-11-13-7-5-4-6-12(13)8-9-14(15)16/h4-7H,2-3,8-11H2,1H3. The number of hydrogen-bond donors (Lipinski definition) is 0. The van der Waals surface area contributed by atoms with E-state index in [0.29, 0.717) is 12.3 Å². The van der Waals surface area contributed by atoms with E-state index in [9.17, 15) is 4.79 Å².